The van der Waals surface area contributed by atoms with Gasteiger partial charge in [0, 0.05) is 18.8 Å². The number of H-pyrrole nitrogens is 1. The van der Waals surface area contributed by atoms with E-state index in [1.807, 2.05) is 6.92 Å². The molecule has 1 amide bonds. The molecule has 0 spiro atoms. The van der Waals surface area contributed by atoms with Gasteiger partial charge >= 0.3 is 0 Å². The highest BCUT2D eigenvalue weighted by atomic mass is 127. The third kappa shape index (κ3) is 6.99. The first kappa shape index (κ1) is 17.7. The lowest BCUT2D eigenvalue weighted by Crippen LogP contribution is -2.38. The van der Waals surface area contributed by atoms with Crippen molar-refractivity contribution < 1.29 is 4.79 Å². The van der Waals surface area contributed by atoms with Gasteiger partial charge in [0.15, 0.2) is 5.96 Å². The highest BCUT2D eigenvalue weighted by Gasteiger charge is 2.04. The molecule has 0 aliphatic heterocycles. The molecule has 1 aromatic heterocycles. The lowest BCUT2D eigenvalue weighted by molar-refractivity contribution is 0.0950. The van der Waals surface area contributed by atoms with Gasteiger partial charge in [-0.15, -0.1) is 24.0 Å². The van der Waals surface area contributed by atoms with Crippen molar-refractivity contribution in [3.05, 3.63) is 18.0 Å². The topological polar surface area (TPSA) is 108 Å². The number of nitrogens with zero attached hydrogens (tertiary/aromatic N) is 2. The number of halogens is 1. The van der Waals surface area contributed by atoms with Gasteiger partial charge in [0.1, 0.15) is 5.69 Å². The summed E-state index contributed by atoms with van der Waals surface area (Å²) in [5.41, 5.74) is 6.11. The molecule has 108 valence electrons. The number of rotatable bonds is 6. The van der Waals surface area contributed by atoms with Crippen LogP contribution >= 0.6 is 24.0 Å². The number of guanidine groups is 1. The Hall–Kier alpha value is -1.32. The predicted molar refractivity (Wildman–Crippen MR) is 85.7 cm³/mol. The van der Waals surface area contributed by atoms with E-state index in [0.717, 1.165) is 6.42 Å². The molecule has 0 radical (unpaired) electrons. The Morgan fingerprint density at radius 3 is 2.95 bits per heavy atom. The standard InChI is InChI=1S/C11H20N6O.HI/c1-3-8(2)16-11(12)14-7-6-13-10(18)9-4-5-15-17-9;/h4-5,8H,3,6-7H2,1-2H3,(H,13,18)(H,15,17)(H3,12,14,16);1H. The smallest absolute Gasteiger partial charge is 0.269 e. The number of nitrogens with two attached hydrogens (primary N) is 1. The molecule has 0 saturated carbocycles. The third-order valence-electron chi connectivity index (χ3n) is 2.43. The summed E-state index contributed by atoms with van der Waals surface area (Å²) in [4.78, 5) is 15.6. The number of carbonyl (C=O) groups excluding carboxylic acids is 1. The molecule has 19 heavy (non-hydrogen) atoms. The fourth-order valence-corrected chi connectivity index (χ4v) is 1.22. The molecule has 0 aliphatic carbocycles. The van der Waals surface area contributed by atoms with Crippen LogP contribution in [0.4, 0.5) is 0 Å². The minimum atomic E-state index is -0.198. The van der Waals surface area contributed by atoms with Crippen LogP contribution in [-0.4, -0.2) is 41.2 Å². The van der Waals surface area contributed by atoms with Crippen molar-refractivity contribution in [2.75, 3.05) is 13.1 Å². The molecular weight excluding hydrogens is 359 g/mol. The largest absolute Gasteiger partial charge is 0.370 e. The molecule has 1 unspecified atom stereocenters. The van der Waals surface area contributed by atoms with Crippen LogP contribution in [0.25, 0.3) is 0 Å². The Labute approximate surface area is 129 Å². The molecule has 0 saturated heterocycles. The zero-order valence-electron chi connectivity index (χ0n) is 11.1. The highest BCUT2D eigenvalue weighted by molar-refractivity contribution is 14.0. The Bertz CT molecular complexity index is 392. The molecule has 0 aliphatic rings. The summed E-state index contributed by atoms with van der Waals surface area (Å²) >= 11 is 0. The van der Waals surface area contributed by atoms with E-state index in [2.05, 4.69) is 32.7 Å². The summed E-state index contributed by atoms with van der Waals surface area (Å²) < 4.78 is 0. The Morgan fingerprint density at radius 1 is 1.63 bits per heavy atom. The zero-order chi connectivity index (χ0) is 13.4. The Morgan fingerprint density at radius 2 is 2.37 bits per heavy atom. The second kappa shape index (κ2) is 9.59. The van der Waals surface area contributed by atoms with Crippen molar-refractivity contribution in [1.82, 2.24) is 20.8 Å². The first-order valence-corrected chi connectivity index (χ1v) is 5.97. The summed E-state index contributed by atoms with van der Waals surface area (Å²) in [6.07, 6.45) is 2.51. The summed E-state index contributed by atoms with van der Waals surface area (Å²) in [7, 11) is 0. The lowest BCUT2D eigenvalue weighted by atomic mass is 10.3. The van der Waals surface area contributed by atoms with E-state index in [4.69, 9.17) is 5.73 Å². The molecule has 0 aromatic carbocycles. The van der Waals surface area contributed by atoms with E-state index in [1.54, 1.807) is 6.07 Å². The number of aliphatic imine (C=N–C) groups is 1. The van der Waals surface area contributed by atoms with Crippen LogP contribution in [0.15, 0.2) is 17.3 Å². The molecule has 0 bridgehead atoms. The molecular formula is C11H21IN6O. The maximum Gasteiger partial charge on any atom is 0.269 e. The van der Waals surface area contributed by atoms with Crippen molar-refractivity contribution in [2.24, 2.45) is 10.7 Å². The van der Waals surface area contributed by atoms with Crippen LogP contribution in [0.1, 0.15) is 30.8 Å². The number of amides is 1. The van der Waals surface area contributed by atoms with Crippen LogP contribution in [-0.2, 0) is 0 Å². The fraction of sp³-hybridized carbons (Fsp3) is 0.545. The van der Waals surface area contributed by atoms with E-state index in [1.165, 1.54) is 6.20 Å². The van der Waals surface area contributed by atoms with Crippen molar-refractivity contribution in [2.45, 2.75) is 26.3 Å². The van der Waals surface area contributed by atoms with Crippen molar-refractivity contribution in [1.29, 1.82) is 0 Å². The molecule has 7 nitrogen and oxygen atoms in total. The molecule has 5 N–H and O–H groups in total. The average molecular weight is 380 g/mol. The van der Waals surface area contributed by atoms with Crippen molar-refractivity contribution in [3.63, 3.8) is 0 Å². The Kier molecular flexibility index (Phi) is 8.92. The summed E-state index contributed by atoms with van der Waals surface area (Å²) in [6.45, 7) is 4.97. The Balaban J connectivity index is 0.00000324. The van der Waals surface area contributed by atoms with Gasteiger partial charge in [0.25, 0.3) is 5.91 Å². The number of aromatic nitrogens is 2. The maximum absolute atomic E-state index is 11.5. The number of hydrogen-bond donors (Lipinski definition) is 4. The predicted octanol–water partition coefficient (Wildman–Crippen LogP) is 0.460. The van der Waals surface area contributed by atoms with E-state index in [9.17, 15) is 4.79 Å². The van der Waals surface area contributed by atoms with Gasteiger partial charge in [0.05, 0.1) is 6.54 Å². The quantitative estimate of drug-likeness (QED) is 0.249. The molecule has 1 rings (SSSR count). The number of hydrogen-bond acceptors (Lipinski definition) is 3. The van der Waals surface area contributed by atoms with Crippen LogP contribution in [0.2, 0.25) is 0 Å². The number of carbonyl (C=O) groups is 1. The van der Waals surface area contributed by atoms with Crippen LogP contribution in [0, 0.1) is 0 Å². The monoisotopic (exact) mass is 380 g/mol. The number of nitrogens with one attached hydrogen (secondary N) is 3. The van der Waals surface area contributed by atoms with Gasteiger partial charge in [-0.2, -0.15) is 5.10 Å². The van der Waals surface area contributed by atoms with E-state index < -0.39 is 0 Å². The van der Waals surface area contributed by atoms with Gasteiger partial charge in [0.2, 0.25) is 0 Å². The maximum atomic E-state index is 11.5. The molecule has 1 atom stereocenters. The molecule has 8 heteroatoms. The first-order chi connectivity index (χ1) is 8.63. The van der Waals surface area contributed by atoms with Gasteiger partial charge in [-0.05, 0) is 19.4 Å². The summed E-state index contributed by atoms with van der Waals surface area (Å²) in [6, 6.07) is 1.91. The van der Waals surface area contributed by atoms with E-state index >= 15 is 0 Å². The molecule has 1 aromatic rings. The van der Waals surface area contributed by atoms with Gasteiger partial charge in [-0.3, -0.25) is 14.9 Å². The molecule has 0 fully saturated rings. The summed E-state index contributed by atoms with van der Waals surface area (Å²) in [5.74, 6) is 0.205. The van der Waals surface area contributed by atoms with E-state index in [0.29, 0.717) is 30.8 Å². The van der Waals surface area contributed by atoms with E-state index in [-0.39, 0.29) is 29.9 Å². The normalized spacial score (nSPS) is 12.4. The van der Waals surface area contributed by atoms with Crippen LogP contribution in [0.5, 0.6) is 0 Å². The lowest BCUT2D eigenvalue weighted by Gasteiger charge is -2.11. The van der Waals surface area contributed by atoms with Crippen LogP contribution < -0.4 is 16.4 Å². The van der Waals surface area contributed by atoms with Crippen LogP contribution in [0.3, 0.4) is 0 Å². The SMILES string of the molecule is CCC(C)NC(N)=NCCNC(=O)c1ccn[nH]1.I. The molecule has 1 heterocycles. The minimum absolute atomic E-state index is 0. The minimum Gasteiger partial charge on any atom is -0.370 e. The van der Waals surface area contributed by atoms with Crippen molar-refractivity contribution in [3.8, 4) is 0 Å². The second-order valence-corrected chi connectivity index (χ2v) is 3.95. The van der Waals surface area contributed by atoms with Gasteiger partial charge in [-0.1, -0.05) is 6.92 Å². The highest BCUT2D eigenvalue weighted by Crippen LogP contribution is 1.90. The fourth-order valence-electron chi connectivity index (χ4n) is 1.22. The van der Waals surface area contributed by atoms with Gasteiger partial charge in [-0.25, -0.2) is 0 Å². The van der Waals surface area contributed by atoms with Gasteiger partial charge < -0.3 is 16.4 Å². The number of aromatic amines is 1. The third-order valence-corrected chi connectivity index (χ3v) is 2.43. The summed E-state index contributed by atoms with van der Waals surface area (Å²) in [5, 5.41) is 12.0. The zero-order valence-corrected chi connectivity index (χ0v) is 13.5. The second-order valence-electron chi connectivity index (χ2n) is 3.95. The first-order valence-electron chi connectivity index (χ1n) is 5.97. The average Bonchev–Trinajstić information content (AvgIpc) is 2.88. The van der Waals surface area contributed by atoms with Crippen molar-refractivity contribution >= 4 is 35.8 Å².